The predicted octanol–water partition coefficient (Wildman–Crippen LogP) is 1.53. The molecular formula is C14H18N2O2. The van der Waals surface area contributed by atoms with Gasteiger partial charge in [0.2, 0.25) is 0 Å². The molecule has 0 N–H and O–H groups in total. The number of piperazine rings is 1. The molecule has 1 aliphatic heterocycles. The molecule has 0 saturated carbocycles. The van der Waals surface area contributed by atoms with E-state index in [2.05, 4.69) is 23.4 Å². The maximum atomic E-state index is 11.3. The minimum atomic E-state index is -0.420. The van der Waals surface area contributed by atoms with Crippen molar-refractivity contribution < 1.29 is 9.53 Å². The summed E-state index contributed by atoms with van der Waals surface area (Å²) in [7, 11) is 2.11. The molecule has 1 aromatic carbocycles. The Morgan fingerprint density at radius 3 is 2.61 bits per heavy atom. The van der Waals surface area contributed by atoms with E-state index in [-0.39, 0.29) is 0 Å². The number of anilines is 1. The van der Waals surface area contributed by atoms with E-state index in [1.807, 2.05) is 24.3 Å². The zero-order valence-corrected chi connectivity index (χ0v) is 10.6. The third-order valence-electron chi connectivity index (χ3n) is 3.09. The molecule has 0 aromatic heterocycles. The minimum Gasteiger partial charge on any atom is -0.421 e. The van der Waals surface area contributed by atoms with Crippen molar-refractivity contribution in [3.05, 3.63) is 36.9 Å². The van der Waals surface area contributed by atoms with Crippen molar-refractivity contribution in [2.45, 2.75) is 0 Å². The van der Waals surface area contributed by atoms with Crippen LogP contribution in [0.2, 0.25) is 0 Å². The van der Waals surface area contributed by atoms with Gasteiger partial charge < -0.3 is 14.5 Å². The van der Waals surface area contributed by atoms with Crippen molar-refractivity contribution in [3.8, 4) is 5.75 Å². The largest absolute Gasteiger partial charge is 0.421 e. The fourth-order valence-electron chi connectivity index (χ4n) is 2.00. The van der Waals surface area contributed by atoms with Crippen molar-refractivity contribution in [1.29, 1.82) is 0 Å². The molecule has 0 spiro atoms. The number of hydrogen-bond donors (Lipinski definition) is 0. The van der Waals surface area contributed by atoms with E-state index in [1.165, 1.54) is 6.08 Å². The van der Waals surface area contributed by atoms with Gasteiger partial charge in [-0.05, 0) is 19.2 Å². The Balaban J connectivity index is 2.16. The van der Waals surface area contributed by atoms with Gasteiger partial charge in [0.15, 0.2) is 5.75 Å². The summed E-state index contributed by atoms with van der Waals surface area (Å²) in [5.41, 5.74) is 0.973. The van der Waals surface area contributed by atoms with E-state index in [1.54, 1.807) is 0 Å². The number of carbonyl (C=O) groups excluding carboxylic acids is 1. The van der Waals surface area contributed by atoms with E-state index in [9.17, 15) is 4.79 Å². The Bertz CT molecular complexity index is 437. The maximum absolute atomic E-state index is 11.3. The first-order valence-electron chi connectivity index (χ1n) is 6.07. The molecule has 4 nitrogen and oxygen atoms in total. The average Bonchev–Trinajstić information content (AvgIpc) is 2.40. The number of nitrogens with zero attached hydrogens (tertiary/aromatic N) is 2. The average molecular weight is 246 g/mol. The van der Waals surface area contributed by atoms with Crippen molar-refractivity contribution in [2.24, 2.45) is 0 Å². The Hall–Kier alpha value is -1.81. The number of likely N-dealkylation sites (N-methyl/N-ethyl adjacent to an activating group) is 1. The molecule has 1 fully saturated rings. The van der Waals surface area contributed by atoms with Crippen molar-refractivity contribution >= 4 is 11.7 Å². The van der Waals surface area contributed by atoms with Gasteiger partial charge in [-0.3, -0.25) is 0 Å². The number of rotatable bonds is 3. The second-order valence-electron chi connectivity index (χ2n) is 4.38. The highest BCUT2D eigenvalue weighted by molar-refractivity contribution is 5.84. The lowest BCUT2D eigenvalue weighted by atomic mass is 10.2. The first-order valence-corrected chi connectivity index (χ1v) is 6.07. The van der Waals surface area contributed by atoms with E-state index >= 15 is 0 Å². The molecule has 0 amide bonds. The summed E-state index contributed by atoms with van der Waals surface area (Å²) in [5, 5.41) is 0. The molecule has 0 bridgehead atoms. The number of carbonyl (C=O) groups is 1. The van der Waals surface area contributed by atoms with Crippen LogP contribution in [0.4, 0.5) is 5.69 Å². The number of benzene rings is 1. The van der Waals surface area contributed by atoms with E-state index in [0.717, 1.165) is 31.9 Å². The first-order chi connectivity index (χ1) is 8.70. The highest BCUT2D eigenvalue weighted by atomic mass is 16.5. The highest BCUT2D eigenvalue weighted by Crippen LogP contribution is 2.28. The molecule has 4 heteroatoms. The molecule has 0 atom stereocenters. The SMILES string of the molecule is C=CC(=O)Oc1ccccc1N1CCN(C)CC1. The summed E-state index contributed by atoms with van der Waals surface area (Å²) < 4.78 is 5.26. The second kappa shape index (κ2) is 5.69. The summed E-state index contributed by atoms with van der Waals surface area (Å²) in [5.74, 6) is 0.184. The first kappa shape index (κ1) is 12.6. The summed E-state index contributed by atoms with van der Waals surface area (Å²) in [4.78, 5) is 15.8. The Morgan fingerprint density at radius 2 is 1.94 bits per heavy atom. The lowest BCUT2D eigenvalue weighted by Crippen LogP contribution is -2.44. The van der Waals surface area contributed by atoms with Crippen LogP contribution in [0.3, 0.4) is 0 Å². The molecule has 0 aliphatic carbocycles. The summed E-state index contributed by atoms with van der Waals surface area (Å²) in [6.45, 7) is 7.34. The van der Waals surface area contributed by atoms with Gasteiger partial charge in [0.05, 0.1) is 5.69 Å². The minimum absolute atomic E-state index is 0.420. The van der Waals surface area contributed by atoms with Crippen LogP contribution in [0, 0.1) is 0 Å². The maximum Gasteiger partial charge on any atom is 0.335 e. The molecule has 1 saturated heterocycles. The third kappa shape index (κ3) is 2.90. The Morgan fingerprint density at radius 1 is 1.28 bits per heavy atom. The molecule has 96 valence electrons. The Kier molecular flexibility index (Phi) is 3.99. The molecule has 0 radical (unpaired) electrons. The summed E-state index contributed by atoms with van der Waals surface area (Å²) >= 11 is 0. The van der Waals surface area contributed by atoms with E-state index < -0.39 is 5.97 Å². The standard InChI is InChI=1S/C14H18N2O2/c1-3-14(17)18-13-7-5-4-6-12(13)16-10-8-15(2)9-11-16/h3-7H,1,8-11H2,2H3. The van der Waals surface area contributed by atoms with Gasteiger partial charge in [0.1, 0.15) is 0 Å². The summed E-state index contributed by atoms with van der Waals surface area (Å²) in [6, 6.07) is 7.62. The molecule has 0 unspecified atom stereocenters. The molecule has 18 heavy (non-hydrogen) atoms. The van der Waals surface area contributed by atoms with Crippen LogP contribution in [-0.2, 0) is 4.79 Å². The second-order valence-corrected chi connectivity index (χ2v) is 4.38. The van der Waals surface area contributed by atoms with Crippen molar-refractivity contribution in [1.82, 2.24) is 4.90 Å². The van der Waals surface area contributed by atoms with Gasteiger partial charge in [0, 0.05) is 32.3 Å². The van der Waals surface area contributed by atoms with Crippen LogP contribution in [0.5, 0.6) is 5.75 Å². The molecular weight excluding hydrogens is 228 g/mol. The molecule has 1 aromatic rings. The van der Waals surface area contributed by atoms with Gasteiger partial charge in [-0.2, -0.15) is 0 Å². The van der Waals surface area contributed by atoms with Crippen molar-refractivity contribution in [2.75, 3.05) is 38.1 Å². The zero-order valence-electron chi connectivity index (χ0n) is 10.6. The Labute approximate surface area is 107 Å². The van der Waals surface area contributed by atoms with Gasteiger partial charge in [0.25, 0.3) is 0 Å². The van der Waals surface area contributed by atoms with Crippen LogP contribution in [-0.4, -0.2) is 44.1 Å². The third-order valence-corrected chi connectivity index (χ3v) is 3.09. The lowest BCUT2D eigenvalue weighted by molar-refractivity contribution is -0.128. The topological polar surface area (TPSA) is 32.8 Å². The number of hydrogen-bond acceptors (Lipinski definition) is 4. The normalized spacial score (nSPS) is 16.4. The highest BCUT2D eigenvalue weighted by Gasteiger charge is 2.18. The fourth-order valence-corrected chi connectivity index (χ4v) is 2.00. The van der Waals surface area contributed by atoms with E-state index in [4.69, 9.17) is 4.74 Å². The fraction of sp³-hybridized carbons (Fsp3) is 0.357. The zero-order chi connectivity index (χ0) is 13.0. The molecule has 1 heterocycles. The van der Waals surface area contributed by atoms with Crippen molar-refractivity contribution in [3.63, 3.8) is 0 Å². The van der Waals surface area contributed by atoms with Crippen LogP contribution < -0.4 is 9.64 Å². The molecule has 2 rings (SSSR count). The smallest absolute Gasteiger partial charge is 0.335 e. The van der Waals surface area contributed by atoms with Gasteiger partial charge in [-0.1, -0.05) is 18.7 Å². The van der Waals surface area contributed by atoms with Crippen LogP contribution >= 0.6 is 0 Å². The van der Waals surface area contributed by atoms with Crippen LogP contribution in [0.15, 0.2) is 36.9 Å². The van der Waals surface area contributed by atoms with E-state index in [0.29, 0.717) is 5.75 Å². The number of ether oxygens (including phenoxy) is 1. The van der Waals surface area contributed by atoms with Gasteiger partial charge >= 0.3 is 5.97 Å². The quantitative estimate of drug-likeness (QED) is 0.460. The lowest BCUT2D eigenvalue weighted by Gasteiger charge is -2.34. The van der Waals surface area contributed by atoms with Crippen LogP contribution in [0.1, 0.15) is 0 Å². The van der Waals surface area contributed by atoms with Crippen LogP contribution in [0.25, 0.3) is 0 Å². The predicted molar refractivity (Wildman–Crippen MR) is 72.0 cm³/mol. The number of esters is 1. The molecule has 1 aliphatic rings. The van der Waals surface area contributed by atoms with Gasteiger partial charge in [-0.15, -0.1) is 0 Å². The summed E-state index contributed by atoms with van der Waals surface area (Å²) in [6.07, 6.45) is 1.18. The monoisotopic (exact) mass is 246 g/mol. The van der Waals surface area contributed by atoms with Gasteiger partial charge in [-0.25, -0.2) is 4.79 Å². The number of para-hydroxylation sites is 2.